The molecule has 3 aromatic carbocycles. The number of phenols is 2. The molecule has 3 aromatic rings. The zero-order valence-corrected chi connectivity index (χ0v) is 24.7. The van der Waals surface area contributed by atoms with E-state index in [1.54, 1.807) is 0 Å². The lowest BCUT2D eigenvalue weighted by Gasteiger charge is -2.29. The highest BCUT2D eigenvalue weighted by Crippen LogP contribution is 2.27. The molecule has 0 bridgehead atoms. The minimum absolute atomic E-state index is 0.301. The molecule has 0 spiro atoms. The maximum atomic E-state index is 10.9. The van der Waals surface area contributed by atoms with Crippen LogP contribution in [0.3, 0.4) is 0 Å². The number of nitrogens with zero attached hydrogens (tertiary/aromatic N) is 3. The second kappa shape index (κ2) is 15.0. The molecule has 0 saturated carbocycles. The number of aryl methyl sites for hydroxylation is 2. The van der Waals surface area contributed by atoms with E-state index in [1.807, 2.05) is 19.1 Å². The van der Waals surface area contributed by atoms with Crippen LogP contribution in [-0.2, 0) is 32.7 Å². The number of aromatic hydroxyl groups is 2. The van der Waals surface area contributed by atoms with E-state index in [9.17, 15) is 10.2 Å². The summed E-state index contributed by atoms with van der Waals surface area (Å²) in [6.07, 6.45) is 6.44. The van der Waals surface area contributed by atoms with Gasteiger partial charge < -0.3 is 26.6 Å². The zero-order valence-electron chi connectivity index (χ0n) is 24.7. The summed E-state index contributed by atoms with van der Waals surface area (Å²) in [5, 5.41) is 21.8. The molecule has 0 aromatic heterocycles. The van der Waals surface area contributed by atoms with Gasteiger partial charge in [-0.1, -0.05) is 71.8 Å². The van der Waals surface area contributed by atoms with Crippen LogP contribution in [0.4, 0.5) is 0 Å². The molecular formula is C34H47N5O2. The highest BCUT2D eigenvalue weighted by Gasteiger charge is 2.16. The highest BCUT2D eigenvalue weighted by molar-refractivity contribution is 5.44. The summed E-state index contributed by atoms with van der Waals surface area (Å²) in [5.74, 6) is 0.613. The minimum Gasteiger partial charge on any atom is -0.507 e. The van der Waals surface area contributed by atoms with Gasteiger partial charge >= 0.3 is 0 Å². The Balaban J connectivity index is 1.56. The second-order valence-electron chi connectivity index (χ2n) is 11.3. The summed E-state index contributed by atoms with van der Waals surface area (Å²) < 4.78 is 0. The average Bonchev–Trinajstić information content (AvgIpc) is 2.95. The van der Waals surface area contributed by atoms with Gasteiger partial charge in [0.2, 0.25) is 0 Å². The van der Waals surface area contributed by atoms with E-state index >= 15 is 0 Å². The highest BCUT2D eigenvalue weighted by atomic mass is 16.3. The first-order valence-electron chi connectivity index (χ1n) is 14.8. The first-order valence-corrected chi connectivity index (χ1v) is 14.8. The molecule has 6 N–H and O–H groups in total. The van der Waals surface area contributed by atoms with Gasteiger partial charge in [0.15, 0.2) is 0 Å². The summed E-state index contributed by atoms with van der Waals surface area (Å²) in [6, 6.07) is 18.7. The van der Waals surface area contributed by atoms with Crippen molar-refractivity contribution in [2.24, 2.45) is 11.5 Å². The first-order chi connectivity index (χ1) is 19.9. The van der Waals surface area contributed by atoms with E-state index in [0.717, 1.165) is 85.5 Å². The third-order valence-corrected chi connectivity index (χ3v) is 7.83. The molecule has 1 aliphatic rings. The summed E-state index contributed by atoms with van der Waals surface area (Å²) in [7, 11) is 0. The van der Waals surface area contributed by atoms with Crippen LogP contribution in [0.1, 0.15) is 51.8 Å². The van der Waals surface area contributed by atoms with Gasteiger partial charge in [-0.05, 0) is 45.0 Å². The second-order valence-corrected chi connectivity index (χ2v) is 11.3. The molecule has 41 heavy (non-hydrogen) atoms. The van der Waals surface area contributed by atoms with Crippen LogP contribution in [0.15, 0.2) is 66.9 Å². The number of nitrogens with two attached hydrogens (primary N) is 2. The first kappa shape index (κ1) is 30.6. The van der Waals surface area contributed by atoms with Crippen molar-refractivity contribution >= 4 is 0 Å². The van der Waals surface area contributed by atoms with Gasteiger partial charge in [-0.3, -0.25) is 9.80 Å². The van der Waals surface area contributed by atoms with Crippen LogP contribution in [0.2, 0.25) is 0 Å². The fraction of sp³-hybridized carbons (Fsp3) is 0.412. The van der Waals surface area contributed by atoms with Crippen molar-refractivity contribution in [2.75, 3.05) is 32.7 Å². The standard InChI is InChI=1S/C34H47N5O2/c1-26-17-29(21-35)33(40)31(19-26)24-38-13-6-11-37(23-28-9-4-3-5-10-28)12-7-14-39(16-8-15-38)25-32-20-27(2)18-30(22-36)34(32)41/h3-5,8-10,15,17-20,40-41H,6-7,11-14,16,21-25,35-36H2,1-2H3/b15-8-. The number of rotatable bonds is 8. The predicted molar refractivity (Wildman–Crippen MR) is 167 cm³/mol. The SMILES string of the molecule is Cc1cc(CN)c(O)c(CN2/C=C\CN(Cc3cc(C)cc(CN)c3O)CCCN(Cc3ccccc3)CCC2)c1. The van der Waals surface area contributed by atoms with E-state index < -0.39 is 0 Å². The van der Waals surface area contributed by atoms with Crippen molar-refractivity contribution < 1.29 is 10.2 Å². The fourth-order valence-electron chi connectivity index (χ4n) is 5.79. The normalized spacial score (nSPS) is 16.7. The van der Waals surface area contributed by atoms with Gasteiger partial charge in [-0.2, -0.15) is 0 Å². The zero-order chi connectivity index (χ0) is 29.2. The maximum absolute atomic E-state index is 10.9. The van der Waals surface area contributed by atoms with Gasteiger partial charge in [0.1, 0.15) is 11.5 Å². The van der Waals surface area contributed by atoms with E-state index in [4.69, 9.17) is 11.5 Å². The fourth-order valence-corrected chi connectivity index (χ4v) is 5.79. The molecule has 0 saturated heterocycles. The number of hydrogen-bond acceptors (Lipinski definition) is 7. The molecule has 7 nitrogen and oxygen atoms in total. The monoisotopic (exact) mass is 557 g/mol. The Morgan fingerprint density at radius 3 is 1.80 bits per heavy atom. The number of benzene rings is 3. The van der Waals surface area contributed by atoms with Gasteiger partial charge in [0.05, 0.1) is 0 Å². The Hall–Kier alpha value is -3.36. The number of phenolic OH excluding ortho intramolecular Hbond substituents is 2. The van der Waals surface area contributed by atoms with Gasteiger partial charge in [0.25, 0.3) is 0 Å². The quantitative estimate of drug-likeness (QED) is 0.317. The number of hydrogen-bond donors (Lipinski definition) is 4. The molecule has 0 fully saturated rings. The van der Waals surface area contributed by atoms with Crippen molar-refractivity contribution in [3.63, 3.8) is 0 Å². The van der Waals surface area contributed by atoms with Crippen molar-refractivity contribution in [1.82, 2.24) is 14.7 Å². The third kappa shape index (κ3) is 8.81. The van der Waals surface area contributed by atoms with Gasteiger partial charge in [-0.15, -0.1) is 0 Å². The summed E-state index contributed by atoms with van der Waals surface area (Å²) in [5.41, 5.74) is 18.8. The molecule has 7 heteroatoms. The molecule has 0 unspecified atom stereocenters. The van der Waals surface area contributed by atoms with E-state index in [0.29, 0.717) is 37.7 Å². The predicted octanol–water partition coefficient (Wildman–Crippen LogP) is 4.75. The Morgan fingerprint density at radius 1 is 0.659 bits per heavy atom. The molecule has 1 heterocycles. The van der Waals surface area contributed by atoms with E-state index in [1.165, 1.54) is 5.56 Å². The van der Waals surface area contributed by atoms with Crippen LogP contribution >= 0.6 is 0 Å². The lowest BCUT2D eigenvalue weighted by Crippen LogP contribution is -2.33. The largest absolute Gasteiger partial charge is 0.507 e. The Morgan fingerprint density at radius 2 is 1.20 bits per heavy atom. The molecule has 0 amide bonds. The van der Waals surface area contributed by atoms with Crippen LogP contribution in [0.25, 0.3) is 0 Å². The minimum atomic E-state index is 0.301. The smallest absolute Gasteiger partial charge is 0.125 e. The van der Waals surface area contributed by atoms with Gasteiger partial charge in [-0.25, -0.2) is 0 Å². The van der Waals surface area contributed by atoms with Crippen LogP contribution in [0.5, 0.6) is 11.5 Å². The molecular weight excluding hydrogens is 510 g/mol. The molecule has 220 valence electrons. The summed E-state index contributed by atoms with van der Waals surface area (Å²) in [4.78, 5) is 7.23. The lowest BCUT2D eigenvalue weighted by molar-refractivity contribution is 0.211. The lowest BCUT2D eigenvalue weighted by atomic mass is 10.0. The van der Waals surface area contributed by atoms with E-state index in [-0.39, 0.29) is 0 Å². The van der Waals surface area contributed by atoms with Crippen LogP contribution in [0, 0.1) is 13.8 Å². The Kier molecular flexibility index (Phi) is 11.2. The topological polar surface area (TPSA) is 102 Å². The van der Waals surface area contributed by atoms with Crippen molar-refractivity contribution in [3.8, 4) is 11.5 Å². The van der Waals surface area contributed by atoms with Crippen molar-refractivity contribution in [2.45, 2.75) is 59.4 Å². The Labute approximate surface area is 245 Å². The van der Waals surface area contributed by atoms with Gasteiger partial charge in [0, 0.05) is 81.2 Å². The molecule has 0 atom stereocenters. The van der Waals surface area contributed by atoms with Crippen molar-refractivity contribution in [3.05, 3.63) is 106 Å². The Bertz CT molecular complexity index is 1290. The average molecular weight is 558 g/mol. The van der Waals surface area contributed by atoms with Crippen LogP contribution in [-0.4, -0.2) is 57.6 Å². The van der Waals surface area contributed by atoms with Crippen LogP contribution < -0.4 is 11.5 Å². The summed E-state index contributed by atoms with van der Waals surface area (Å²) in [6.45, 7) is 11.5. The maximum Gasteiger partial charge on any atom is 0.125 e. The molecule has 0 aliphatic carbocycles. The third-order valence-electron chi connectivity index (χ3n) is 7.83. The van der Waals surface area contributed by atoms with E-state index in [2.05, 4.69) is 76.4 Å². The molecule has 4 rings (SSSR count). The van der Waals surface area contributed by atoms with Crippen molar-refractivity contribution in [1.29, 1.82) is 0 Å². The summed E-state index contributed by atoms with van der Waals surface area (Å²) >= 11 is 0. The molecule has 1 aliphatic heterocycles. The molecule has 0 radical (unpaired) electrons.